The number of aliphatic hydroxyl groups excluding tert-OH is 1. The van der Waals surface area contributed by atoms with Crippen molar-refractivity contribution in [3.05, 3.63) is 88.7 Å². The van der Waals surface area contributed by atoms with Gasteiger partial charge in [-0.2, -0.15) is 13.2 Å². The van der Waals surface area contributed by atoms with E-state index in [1.54, 1.807) is 30.3 Å². The Morgan fingerprint density at radius 2 is 1.55 bits per heavy atom. The van der Waals surface area contributed by atoms with Crippen molar-refractivity contribution in [2.75, 3.05) is 5.32 Å². The smallest absolute Gasteiger partial charge is 0.382 e. The normalized spacial score (nSPS) is 13.0. The van der Waals surface area contributed by atoms with Crippen molar-refractivity contribution in [3.8, 4) is 11.3 Å². The van der Waals surface area contributed by atoms with Crippen LogP contribution in [-0.2, 0) is 17.9 Å². The molecule has 0 bridgehead atoms. The molecule has 0 fully saturated rings. The van der Waals surface area contributed by atoms with Crippen molar-refractivity contribution >= 4 is 17.6 Å². The van der Waals surface area contributed by atoms with Gasteiger partial charge in [0.25, 0.3) is 5.56 Å². The molecule has 38 heavy (non-hydrogen) atoms. The van der Waals surface area contributed by atoms with E-state index in [-0.39, 0.29) is 12.2 Å². The van der Waals surface area contributed by atoms with E-state index in [0.29, 0.717) is 11.3 Å². The molecular formula is C27H29F3N4O4. The molecule has 2 atom stereocenters. The number of urea groups is 1. The van der Waals surface area contributed by atoms with Gasteiger partial charge < -0.3 is 21.1 Å². The lowest BCUT2D eigenvalue weighted by Gasteiger charge is -2.29. The Morgan fingerprint density at radius 1 is 0.947 bits per heavy atom. The Morgan fingerprint density at radius 3 is 2.13 bits per heavy atom. The first-order chi connectivity index (χ1) is 18.0. The number of benzene rings is 2. The predicted molar refractivity (Wildman–Crippen MR) is 137 cm³/mol. The fraction of sp³-hybridized carbons (Fsp3) is 0.296. The Balaban J connectivity index is 1.86. The molecule has 3 aromatic rings. The summed E-state index contributed by atoms with van der Waals surface area (Å²) in [4.78, 5) is 38.6. The highest BCUT2D eigenvalue weighted by Crippen LogP contribution is 2.25. The van der Waals surface area contributed by atoms with Gasteiger partial charge in [0, 0.05) is 6.54 Å². The molecule has 202 valence electrons. The van der Waals surface area contributed by atoms with Gasteiger partial charge in [-0.05, 0) is 29.2 Å². The van der Waals surface area contributed by atoms with Crippen LogP contribution in [0.15, 0.2) is 77.6 Å². The van der Waals surface area contributed by atoms with Crippen molar-refractivity contribution in [2.24, 2.45) is 5.92 Å². The van der Waals surface area contributed by atoms with E-state index < -0.39 is 48.3 Å². The summed E-state index contributed by atoms with van der Waals surface area (Å²) in [5.41, 5.74) is 0.885. The number of aromatic nitrogens is 1. The quantitative estimate of drug-likeness (QED) is 0.336. The molecule has 0 spiro atoms. The van der Waals surface area contributed by atoms with Crippen molar-refractivity contribution in [1.29, 1.82) is 0 Å². The van der Waals surface area contributed by atoms with Crippen LogP contribution in [-0.4, -0.2) is 39.9 Å². The van der Waals surface area contributed by atoms with E-state index in [2.05, 4.69) is 16.0 Å². The van der Waals surface area contributed by atoms with Crippen LogP contribution < -0.4 is 21.5 Å². The summed E-state index contributed by atoms with van der Waals surface area (Å²) in [7, 11) is 0. The molecule has 0 aliphatic rings. The zero-order valence-corrected chi connectivity index (χ0v) is 20.8. The molecule has 0 aliphatic heterocycles. The maximum atomic E-state index is 13.3. The zero-order chi connectivity index (χ0) is 27.9. The summed E-state index contributed by atoms with van der Waals surface area (Å²) >= 11 is 0. The highest BCUT2D eigenvalue weighted by molar-refractivity contribution is 5.89. The number of anilines is 1. The van der Waals surface area contributed by atoms with Crippen LogP contribution >= 0.6 is 0 Å². The third kappa shape index (κ3) is 7.45. The third-order valence-corrected chi connectivity index (χ3v) is 5.81. The summed E-state index contributed by atoms with van der Waals surface area (Å²) in [6, 6.07) is 18.4. The van der Waals surface area contributed by atoms with Gasteiger partial charge in [-0.15, -0.1) is 0 Å². The molecule has 1 aromatic heterocycles. The number of hydrogen-bond acceptors (Lipinski definition) is 4. The Bertz CT molecular complexity index is 1300. The summed E-state index contributed by atoms with van der Waals surface area (Å²) in [5, 5.41) is 17.0. The van der Waals surface area contributed by atoms with Crippen LogP contribution in [0.4, 0.5) is 23.7 Å². The number of pyridine rings is 1. The molecule has 0 aliphatic carbocycles. The third-order valence-electron chi connectivity index (χ3n) is 5.81. The number of nitrogens with one attached hydrogen (secondary N) is 3. The van der Waals surface area contributed by atoms with Gasteiger partial charge in [-0.25, -0.2) is 4.79 Å². The Hall–Kier alpha value is -4.12. The minimum absolute atomic E-state index is 0.126. The second-order valence-corrected chi connectivity index (χ2v) is 9.01. The van der Waals surface area contributed by atoms with Gasteiger partial charge in [0.1, 0.15) is 12.2 Å². The number of hydrogen-bond donors (Lipinski definition) is 4. The number of nitrogens with zero attached hydrogens (tertiary/aromatic N) is 1. The van der Waals surface area contributed by atoms with Gasteiger partial charge in [0.2, 0.25) is 5.91 Å². The van der Waals surface area contributed by atoms with Crippen LogP contribution in [0.5, 0.6) is 0 Å². The molecule has 0 saturated heterocycles. The number of carbonyl (C=O) groups is 2. The summed E-state index contributed by atoms with van der Waals surface area (Å²) in [5.74, 6) is -1.65. The maximum absolute atomic E-state index is 13.3. The molecule has 2 aromatic carbocycles. The average molecular weight is 531 g/mol. The number of alkyl halides is 3. The van der Waals surface area contributed by atoms with Crippen LogP contribution in [0, 0.1) is 5.92 Å². The van der Waals surface area contributed by atoms with Crippen LogP contribution in [0.1, 0.15) is 19.4 Å². The Kier molecular flexibility index (Phi) is 9.30. The summed E-state index contributed by atoms with van der Waals surface area (Å²) in [6.45, 7) is 2.43. The van der Waals surface area contributed by atoms with Crippen LogP contribution in [0.2, 0.25) is 0 Å². The summed E-state index contributed by atoms with van der Waals surface area (Å²) < 4.78 is 40.5. The van der Waals surface area contributed by atoms with Crippen LogP contribution in [0.25, 0.3) is 11.3 Å². The molecule has 0 saturated carbocycles. The SMILES string of the molecule is CC(C)C(NC(=O)Cn1c(-c2ccccc2)ccc(NC(=O)NCc2ccccc2)c1=O)C(O)C(F)(F)F. The zero-order valence-electron chi connectivity index (χ0n) is 20.8. The monoisotopic (exact) mass is 530 g/mol. The van der Waals surface area contributed by atoms with Crippen molar-refractivity contribution in [3.63, 3.8) is 0 Å². The number of rotatable bonds is 9. The molecule has 11 heteroatoms. The van der Waals surface area contributed by atoms with E-state index in [4.69, 9.17) is 0 Å². The van der Waals surface area contributed by atoms with E-state index in [1.807, 2.05) is 30.3 Å². The van der Waals surface area contributed by atoms with Crippen LogP contribution in [0.3, 0.4) is 0 Å². The number of amides is 3. The number of aliphatic hydroxyl groups is 1. The van der Waals surface area contributed by atoms with Crippen molar-refractivity contribution < 1.29 is 27.9 Å². The molecule has 4 N–H and O–H groups in total. The lowest BCUT2D eigenvalue weighted by atomic mass is 9.98. The molecule has 2 unspecified atom stereocenters. The largest absolute Gasteiger partial charge is 0.416 e. The van der Waals surface area contributed by atoms with Gasteiger partial charge >= 0.3 is 12.2 Å². The molecule has 1 heterocycles. The molecule has 3 rings (SSSR count). The van der Waals surface area contributed by atoms with E-state index in [0.717, 1.165) is 10.1 Å². The molecular weight excluding hydrogens is 501 g/mol. The first kappa shape index (κ1) is 28.5. The first-order valence-corrected chi connectivity index (χ1v) is 11.9. The maximum Gasteiger partial charge on any atom is 0.416 e. The van der Waals surface area contributed by atoms with Crippen molar-refractivity contribution in [1.82, 2.24) is 15.2 Å². The minimum Gasteiger partial charge on any atom is -0.382 e. The predicted octanol–water partition coefficient (Wildman–Crippen LogP) is 3.90. The van der Waals surface area contributed by atoms with E-state index in [1.165, 1.54) is 26.0 Å². The molecule has 0 radical (unpaired) electrons. The standard InChI is InChI=1S/C27H29F3N4O4/c1-17(2)23(24(36)27(28,29)30)33-22(35)16-34-21(19-11-7-4-8-12-19)14-13-20(25(34)37)32-26(38)31-15-18-9-5-3-6-10-18/h3-14,17,23-24,36H,15-16H2,1-2H3,(H,33,35)(H2,31,32,38). The highest BCUT2D eigenvalue weighted by Gasteiger charge is 2.45. The fourth-order valence-corrected chi connectivity index (χ4v) is 3.83. The van der Waals surface area contributed by atoms with Gasteiger partial charge in [-0.3, -0.25) is 14.2 Å². The molecule has 8 nitrogen and oxygen atoms in total. The fourth-order valence-electron chi connectivity index (χ4n) is 3.83. The number of halogens is 3. The lowest BCUT2D eigenvalue weighted by molar-refractivity contribution is -0.215. The minimum atomic E-state index is -4.94. The van der Waals surface area contributed by atoms with E-state index >= 15 is 0 Å². The van der Waals surface area contributed by atoms with Gasteiger partial charge in [0.05, 0.1) is 11.7 Å². The number of carbonyl (C=O) groups excluding carboxylic acids is 2. The molecule has 3 amide bonds. The van der Waals surface area contributed by atoms with E-state index in [9.17, 15) is 32.7 Å². The highest BCUT2D eigenvalue weighted by atomic mass is 19.4. The van der Waals surface area contributed by atoms with Gasteiger partial charge in [-0.1, -0.05) is 74.5 Å². The second kappa shape index (κ2) is 12.4. The average Bonchev–Trinajstić information content (AvgIpc) is 2.88. The summed E-state index contributed by atoms with van der Waals surface area (Å²) in [6.07, 6.45) is -7.72. The first-order valence-electron chi connectivity index (χ1n) is 11.9. The lowest BCUT2D eigenvalue weighted by Crippen LogP contribution is -2.53. The van der Waals surface area contributed by atoms with Gasteiger partial charge in [0.15, 0.2) is 6.10 Å². The van der Waals surface area contributed by atoms with Crippen molar-refractivity contribution in [2.45, 2.75) is 45.3 Å². The second-order valence-electron chi connectivity index (χ2n) is 9.01. The Labute approximate surface area is 217 Å². The topological polar surface area (TPSA) is 112 Å².